The fourth-order valence-corrected chi connectivity index (χ4v) is 1.89. The van der Waals surface area contributed by atoms with Crippen LogP contribution in [0.5, 0.6) is 11.5 Å². The third-order valence-electron chi connectivity index (χ3n) is 1.46. The number of alkyl halides is 2. The molecule has 1 heterocycles. The first-order valence-electron chi connectivity index (χ1n) is 3.23. The van der Waals surface area contributed by atoms with Gasteiger partial charge in [-0.2, -0.15) is 0 Å². The molecule has 0 spiro atoms. The van der Waals surface area contributed by atoms with E-state index in [0.29, 0.717) is 8.04 Å². The normalized spacial score (nSPS) is 17.5. The molecule has 2 nitrogen and oxygen atoms in total. The van der Waals surface area contributed by atoms with E-state index in [1.807, 2.05) is 22.6 Å². The van der Waals surface area contributed by atoms with E-state index in [0.717, 1.165) is 0 Å². The van der Waals surface area contributed by atoms with Crippen LogP contribution in [0.1, 0.15) is 0 Å². The zero-order valence-corrected chi connectivity index (χ0v) is 9.73. The molecule has 0 fully saturated rings. The highest BCUT2D eigenvalue weighted by Crippen LogP contribution is 2.47. The van der Waals surface area contributed by atoms with Gasteiger partial charge in [-0.3, -0.25) is 0 Å². The zero-order chi connectivity index (χ0) is 9.64. The molecule has 1 aliphatic heterocycles. The van der Waals surface area contributed by atoms with Crippen LogP contribution in [0.2, 0.25) is 0 Å². The van der Waals surface area contributed by atoms with Crippen molar-refractivity contribution in [2.75, 3.05) is 0 Å². The second-order valence-corrected chi connectivity index (χ2v) is 4.37. The summed E-state index contributed by atoms with van der Waals surface area (Å²) < 4.78 is 34.9. The Labute approximate surface area is 94.5 Å². The Morgan fingerprint density at radius 3 is 2.46 bits per heavy atom. The molecule has 0 amide bonds. The highest BCUT2D eigenvalue weighted by atomic mass is 127. The van der Waals surface area contributed by atoms with Crippen molar-refractivity contribution >= 4 is 38.5 Å². The lowest BCUT2D eigenvalue weighted by Crippen LogP contribution is -2.26. The number of rotatable bonds is 0. The molecule has 1 aliphatic rings. The summed E-state index contributed by atoms with van der Waals surface area (Å²) >= 11 is 4.99. The van der Waals surface area contributed by atoms with Gasteiger partial charge >= 0.3 is 6.29 Å². The molecule has 0 radical (unpaired) electrons. The van der Waals surface area contributed by atoms with Gasteiger partial charge < -0.3 is 9.47 Å². The van der Waals surface area contributed by atoms with Crippen molar-refractivity contribution in [3.63, 3.8) is 0 Å². The first-order chi connectivity index (χ1) is 5.99. The Bertz CT molecular complexity index is 337. The van der Waals surface area contributed by atoms with Crippen LogP contribution >= 0.6 is 38.5 Å². The zero-order valence-electron chi connectivity index (χ0n) is 5.98. The summed E-state index contributed by atoms with van der Waals surface area (Å²) in [5.74, 6) is 0.136. The van der Waals surface area contributed by atoms with E-state index in [4.69, 9.17) is 0 Å². The number of fused-ring (bicyclic) bond motifs is 1. The van der Waals surface area contributed by atoms with Crippen molar-refractivity contribution in [1.82, 2.24) is 0 Å². The maximum atomic E-state index is 12.6. The van der Waals surface area contributed by atoms with E-state index in [9.17, 15) is 8.78 Å². The van der Waals surface area contributed by atoms with Gasteiger partial charge in [-0.25, -0.2) is 0 Å². The molecule has 1 aromatic rings. The fraction of sp³-hybridized carbons (Fsp3) is 0.143. The topological polar surface area (TPSA) is 18.5 Å². The van der Waals surface area contributed by atoms with Crippen LogP contribution in [0.3, 0.4) is 0 Å². The number of hydrogen-bond acceptors (Lipinski definition) is 2. The Morgan fingerprint density at radius 2 is 1.85 bits per heavy atom. The third kappa shape index (κ3) is 1.61. The monoisotopic (exact) mass is 362 g/mol. The van der Waals surface area contributed by atoms with E-state index in [-0.39, 0.29) is 11.5 Å². The van der Waals surface area contributed by atoms with Gasteiger partial charge in [-0.1, -0.05) is 0 Å². The lowest BCUT2D eigenvalue weighted by molar-refractivity contribution is -0.287. The third-order valence-corrected chi connectivity index (χ3v) is 2.93. The van der Waals surface area contributed by atoms with Crippen LogP contribution in [0.4, 0.5) is 8.78 Å². The fourth-order valence-electron chi connectivity index (χ4n) is 0.963. The summed E-state index contributed by atoms with van der Waals surface area (Å²) in [4.78, 5) is 0. The predicted molar refractivity (Wildman–Crippen MR) is 53.1 cm³/mol. The first kappa shape index (κ1) is 9.45. The maximum absolute atomic E-state index is 12.6. The molecule has 0 N–H and O–H groups in total. The average Bonchev–Trinajstić information content (AvgIpc) is 2.35. The lowest BCUT2D eigenvalue weighted by atomic mass is 10.3. The van der Waals surface area contributed by atoms with Gasteiger partial charge in [-0.15, -0.1) is 8.78 Å². The van der Waals surface area contributed by atoms with Crippen LogP contribution in [-0.4, -0.2) is 6.29 Å². The van der Waals surface area contributed by atoms with E-state index < -0.39 is 6.29 Å². The minimum absolute atomic E-state index is 0.0527. The molecule has 13 heavy (non-hydrogen) atoms. The predicted octanol–water partition coefficient (Wildman–Crippen LogP) is 3.38. The highest BCUT2D eigenvalue weighted by Gasteiger charge is 2.45. The van der Waals surface area contributed by atoms with Gasteiger partial charge in [0.1, 0.15) is 0 Å². The van der Waals surface area contributed by atoms with Crippen molar-refractivity contribution in [2.45, 2.75) is 6.29 Å². The van der Waals surface area contributed by atoms with Crippen molar-refractivity contribution in [2.24, 2.45) is 0 Å². The summed E-state index contributed by atoms with van der Waals surface area (Å²) in [6.45, 7) is 0. The van der Waals surface area contributed by atoms with Crippen LogP contribution in [0, 0.1) is 3.57 Å². The molecular weight excluding hydrogens is 361 g/mol. The quantitative estimate of drug-likeness (QED) is 0.659. The van der Waals surface area contributed by atoms with Gasteiger partial charge in [0, 0.05) is 0 Å². The second-order valence-electron chi connectivity index (χ2n) is 2.35. The lowest BCUT2D eigenvalue weighted by Gasteiger charge is -2.04. The molecule has 0 aliphatic carbocycles. The molecular formula is C7H2BrF2IO2. The summed E-state index contributed by atoms with van der Waals surface area (Å²) in [6.07, 6.45) is -3.55. The molecule has 70 valence electrons. The number of ether oxygens (including phenoxy) is 2. The van der Waals surface area contributed by atoms with Crippen molar-refractivity contribution < 1.29 is 18.3 Å². The largest absolute Gasteiger partial charge is 0.586 e. The van der Waals surface area contributed by atoms with Gasteiger partial charge in [0.15, 0.2) is 11.5 Å². The minimum atomic E-state index is -3.55. The number of halogens is 4. The summed E-state index contributed by atoms with van der Waals surface area (Å²) in [5.41, 5.74) is 0. The van der Waals surface area contributed by atoms with Gasteiger partial charge in [0.25, 0.3) is 0 Å². The smallest absolute Gasteiger partial charge is 0.394 e. The van der Waals surface area contributed by atoms with Gasteiger partial charge in [0.05, 0.1) is 8.04 Å². The van der Waals surface area contributed by atoms with Gasteiger partial charge in [-0.05, 0) is 50.7 Å². The maximum Gasteiger partial charge on any atom is 0.586 e. The van der Waals surface area contributed by atoms with Gasteiger partial charge in [0.2, 0.25) is 0 Å². The second kappa shape index (κ2) is 2.94. The Hall–Kier alpha value is -0.110. The van der Waals surface area contributed by atoms with E-state index in [2.05, 4.69) is 25.4 Å². The Morgan fingerprint density at radius 1 is 1.23 bits per heavy atom. The molecule has 0 saturated carbocycles. The van der Waals surface area contributed by atoms with E-state index >= 15 is 0 Å². The molecule has 2 rings (SSSR count). The summed E-state index contributed by atoms with van der Waals surface area (Å²) in [6, 6.07) is 3.29. The Balaban J connectivity index is 2.56. The molecule has 0 unspecified atom stereocenters. The van der Waals surface area contributed by atoms with Crippen molar-refractivity contribution in [3.8, 4) is 11.5 Å². The van der Waals surface area contributed by atoms with E-state index in [1.54, 1.807) is 12.1 Å². The van der Waals surface area contributed by atoms with Crippen LogP contribution in [-0.2, 0) is 0 Å². The van der Waals surface area contributed by atoms with Crippen LogP contribution < -0.4 is 9.47 Å². The summed E-state index contributed by atoms with van der Waals surface area (Å²) in [5, 5.41) is 0. The summed E-state index contributed by atoms with van der Waals surface area (Å²) in [7, 11) is 0. The molecule has 0 atom stereocenters. The van der Waals surface area contributed by atoms with E-state index in [1.165, 1.54) is 0 Å². The van der Waals surface area contributed by atoms with Crippen LogP contribution in [0.25, 0.3) is 0 Å². The first-order valence-corrected chi connectivity index (χ1v) is 5.10. The average molecular weight is 363 g/mol. The molecule has 0 bridgehead atoms. The number of hydrogen-bond donors (Lipinski definition) is 0. The minimum Gasteiger partial charge on any atom is -0.394 e. The number of benzene rings is 1. The molecule has 6 heteroatoms. The standard InChI is InChI=1S/C7H2BrF2IO2/c8-3-1-2-4(11)6-5(3)12-7(9,10)13-6/h1-2H. The highest BCUT2D eigenvalue weighted by molar-refractivity contribution is 14.1. The Kier molecular flexibility index (Phi) is 2.14. The molecule has 1 aromatic carbocycles. The molecule has 0 saturated heterocycles. The van der Waals surface area contributed by atoms with Crippen LogP contribution in [0.15, 0.2) is 16.6 Å². The molecule has 0 aromatic heterocycles. The SMILES string of the molecule is FC1(F)Oc2c(Br)ccc(I)c2O1. The van der Waals surface area contributed by atoms with Crippen molar-refractivity contribution in [3.05, 3.63) is 20.2 Å². The van der Waals surface area contributed by atoms with Crippen molar-refractivity contribution in [1.29, 1.82) is 0 Å².